The molecule has 2 heterocycles. The number of hydrogen-bond donors (Lipinski definition) is 1. The van der Waals surface area contributed by atoms with Crippen molar-refractivity contribution >= 4 is 39.8 Å². The van der Waals surface area contributed by atoms with E-state index >= 15 is 0 Å². The van der Waals surface area contributed by atoms with Gasteiger partial charge in [0.25, 0.3) is 5.24 Å². The molecule has 1 aliphatic carbocycles. The number of aromatic nitrogens is 2. The zero-order valence-electron chi connectivity index (χ0n) is 14.3. The van der Waals surface area contributed by atoms with Gasteiger partial charge in [0.05, 0.1) is 29.2 Å². The normalized spacial score (nSPS) is 23.6. The minimum absolute atomic E-state index is 0.128. The molecule has 1 N–H and O–H groups in total. The third-order valence-corrected chi connectivity index (χ3v) is 5.87. The van der Waals surface area contributed by atoms with Crippen molar-refractivity contribution < 1.29 is 14.4 Å². The van der Waals surface area contributed by atoms with Gasteiger partial charge in [-0.3, -0.25) is 19.3 Å². The fourth-order valence-corrected chi connectivity index (χ4v) is 4.58. The lowest BCUT2D eigenvalue weighted by Gasteiger charge is -2.36. The highest BCUT2D eigenvalue weighted by Gasteiger charge is 2.41. The second-order valence-corrected chi connectivity index (χ2v) is 7.63. The summed E-state index contributed by atoms with van der Waals surface area (Å²) in [6.45, 7) is 0.167. The van der Waals surface area contributed by atoms with Crippen molar-refractivity contribution in [1.82, 2.24) is 19.8 Å². The van der Waals surface area contributed by atoms with Gasteiger partial charge in [-0.1, -0.05) is 36.7 Å². The Balaban J connectivity index is 1.47. The van der Waals surface area contributed by atoms with Gasteiger partial charge in [-0.15, -0.1) is 0 Å². The Morgan fingerprint density at radius 1 is 1.23 bits per heavy atom. The first-order valence-electron chi connectivity index (χ1n) is 8.81. The number of nitrogens with zero attached hydrogens (tertiary/aromatic N) is 3. The Labute approximate surface area is 155 Å². The van der Waals surface area contributed by atoms with Crippen LogP contribution >= 0.6 is 11.8 Å². The second kappa shape index (κ2) is 7.11. The molecule has 2 aromatic rings. The SMILES string of the molecule is O=C(Cn1cnc2ccccc21)N[C@@H]1CCCC[C@H]1N1C(=O)CSC1=O. The maximum atomic E-state index is 12.6. The maximum Gasteiger partial charge on any atom is 0.289 e. The van der Waals surface area contributed by atoms with E-state index in [1.54, 1.807) is 6.33 Å². The number of imidazole rings is 1. The molecule has 0 unspecified atom stereocenters. The minimum atomic E-state index is -0.234. The van der Waals surface area contributed by atoms with Crippen molar-refractivity contribution in [3.8, 4) is 0 Å². The standard InChI is InChI=1S/C18H20N4O3S/c23-16(9-21-11-19-12-5-1-3-7-14(12)21)20-13-6-2-4-8-15(13)22-17(24)10-26-18(22)25/h1,3,5,7,11,13,15H,2,4,6,8-10H2,(H,20,23)/t13-,15-/m1/s1. The van der Waals surface area contributed by atoms with Gasteiger partial charge in [0, 0.05) is 6.04 Å². The highest BCUT2D eigenvalue weighted by atomic mass is 32.2. The first kappa shape index (κ1) is 17.1. The van der Waals surface area contributed by atoms with Crippen LogP contribution in [0.15, 0.2) is 30.6 Å². The summed E-state index contributed by atoms with van der Waals surface area (Å²) >= 11 is 1.05. The summed E-state index contributed by atoms with van der Waals surface area (Å²) in [7, 11) is 0. The van der Waals surface area contributed by atoms with Gasteiger partial charge >= 0.3 is 0 Å². The number of amides is 3. The monoisotopic (exact) mass is 372 g/mol. The number of thioether (sulfide) groups is 1. The van der Waals surface area contributed by atoms with Gasteiger partial charge in [0.2, 0.25) is 11.8 Å². The molecule has 7 nitrogen and oxygen atoms in total. The number of nitrogens with one attached hydrogen (secondary N) is 1. The van der Waals surface area contributed by atoms with E-state index in [9.17, 15) is 14.4 Å². The van der Waals surface area contributed by atoms with Gasteiger partial charge in [0.15, 0.2) is 0 Å². The van der Waals surface area contributed by atoms with Gasteiger partial charge in [0.1, 0.15) is 6.54 Å². The van der Waals surface area contributed by atoms with Gasteiger partial charge in [-0.05, 0) is 25.0 Å². The van der Waals surface area contributed by atoms with Crippen molar-refractivity contribution in [2.45, 2.75) is 44.3 Å². The Hall–Kier alpha value is -2.35. The van der Waals surface area contributed by atoms with E-state index < -0.39 is 0 Å². The van der Waals surface area contributed by atoms with Crippen LogP contribution in [0.3, 0.4) is 0 Å². The van der Waals surface area contributed by atoms with Crippen LogP contribution in [0.4, 0.5) is 4.79 Å². The molecule has 136 valence electrons. The summed E-state index contributed by atoms with van der Waals surface area (Å²) in [5.74, 6) is -0.0691. The smallest absolute Gasteiger partial charge is 0.289 e. The lowest BCUT2D eigenvalue weighted by Crippen LogP contribution is -2.55. The summed E-state index contributed by atoms with van der Waals surface area (Å²) < 4.78 is 1.81. The van der Waals surface area contributed by atoms with Crippen LogP contribution in [0.5, 0.6) is 0 Å². The molecule has 0 bridgehead atoms. The molecule has 8 heteroatoms. The first-order valence-corrected chi connectivity index (χ1v) is 9.80. The number of carbonyl (C=O) groups excluding carboxylic acids is 3. The van der Waals surface area contributed by atoms with Crippen LogP contribution in [0.2, 0.25) is 0 Å². The summed E-state index contributed by atoms with van der Waals surface area (Å²) in [5, 5.41) is 2.85. The molecule has 0 spiro atoms. The molecule has 2 fully saturated rings. The number of imide groups is 1. The Morgan fingerprint density at radius 3 is 2.85 bits per heavy atom. The van der Waals surface area contributed by atoms with Crippen molar-refractivity contribution in [3.63, 3.8) is 0 Å². The summed E-state index contributed by atoms with van der Waals surface area (Å²) in [4.78, 5) is 42.4. The minimum Gasteiger partial charge on any atom is -0.350 e. The fourth-order valence-electron chi connectivity index (χ4n) is 3.82. The number of fused-ring (bicyclic) bond motifs is 1. The molecule has 0 radical (unpaired) electrons. The van der Waals surface area contributed by atoms with Gasteiger partial charge in [-0.25, -0.2) is 4.98 Å². The van der Waals surface area contributed by atoms with E-state index in [4.69, 9.17) is 0 Å². The molecule has 1 aromatic carbocycles. The largest absolute Gasteiger partial charge is 0.350 e. The molecular weight excluding hydrogens is 352 g/mol. The molecule has 1 aromatic heterocycles. The second-order valence-electron chi connectivity index (χ2n) is 6.71. The molecule has 1 saturated carbocycles. The average molecular weight is 372 g/mol. The summed E-state index contributed by atoms with van der Waals surface area (Å²) in [5.41, 5.74) is 1.75. The van der Waals surface area contributed by atoms with E-state index in [1.165, 1.54) is 4.90 Å². The zero-order valence-corrected chi connectivity index (χ0v) is 15.1. The Morgan fingerprint density at radius 2 is 2.04 bits per heavy atom. The van der Waals surface area contributed by atoms with E-state index in [1.807, 2.05) is 28.8 Å². The Bertz CT molecular complexity index is 849. The average Bonchev–Trinajstić information content (AvgIpc) is 3.19. The van der Waals surface area contributed by atoms with Crippen LogP contribution in [0.1, 0.15) is 25.7 Å². The van der Waals surface area contributed by atoms with Crippen molar-refractivity contribution in [3.05, 3.63) is 30.6 Å². The molecule has 26 heavy (non-hydrogen) atoms. The van der Waals surface area contributed by atoms with Gasteiger partial charge < -0.3 is 9.88 Å². The Kier molecular flexibility index (Phi) is 4.67. The van der Waals surface area contributed by atoms with Crippen LogP contribution in [0, 0.1) is 0 Å². The van der Waals surface area contributed by atoms with Crippen LogP contribution in [-0.4, -0.2) is 49.3 Å². The third-order valence-electron chi connectivity index (χ3n) is 5.03. The lowest BCUT2D eigenvalue weighted by atomic mass is 9.89. The third kappa shape index (κ3) is 3.21. The molecule has 4 rings (SSSR count). The molecule has 3 amide bonds. The molecule has 2 aliphatic rings. The number of carbonyl (C=O) groups is 3. The molecule has 2 atom stereocenters. The number of hydrogen-bond acceptors (Lipinski definition) is 5. The van der Waals surface area contributed by atoms with Gasteiger partial charge in [-0.2, -0.15) is 0 Å². The number of para-hydroxylation sites is 2. The van der Waals surface area contributed by atoms with E-state index in [0.29, 0.717) is 0 Å². The first-order chi connectivity index (χ1) is 12.6. The van der Waals surface area contributed by atoms with Crippen molar-refractivity contribution in [2.75, 3.05) is 5.75 Å². The highest BCUT2D eigenvalue weighted by molar-refractivity contribution is 8.14. The molecule has 1 aliphatic heterocycles. The predicted molar refractivity (Wildman–Crippen MR) is 98.6 cm³/mol. The van der Waals surface area contributed by atoms with Crippen LogP contribution in [0.25, 0.3) is 11.0 Å². The zero-order chi connectivity index (χ0) is 18.1. The summed E-state index contributed by atoms with van der Waals surface area (Å²) in [6.07, 6.45) is 5.14. The molecular formula is C18H20N4O3S. The number of benzene rings is 1. The van der Waals surface area contributed by atoms with Crippen molar-refractivity contribution in [2.24, 2.45) is 0 Å². The summed E-state index contributed by atoms with van der Waals surface area (Å²) in [6, 6.07) is 7.24. The van der Waals surface area contributed by atoms with E-state index in [2.05, 4.69) is 10.3 Å². The van der Waals surface area contributed by atoms with Crippen LogP contribution in [-0.2, 0) is 16.1 Å². The van der Waals surface area contributed by atoms with Crippen molar-refractivity contribution in [1.29, 1.82) is 0 Å². The van der Waals surface area contributed by atoms with Crippen LogP contribution < -0.4 is 5.32 Å². The predicted octanol–water partition coefficient (Wildman–Crippen LogP) is 2.16. The quantitative estimate of drug-likeness (QED) is 0.889. The highest BCUT2D eigenvalue weighted by Crippen LogP contribution is 2.30. The topological polar surface area (TPSA) is 84.3 Å². The fraction of sp³-hybridized carbons (Fsp3) is 0.444. The molecule has 1 saturated heterocycles. The number of rotatable bonds is 4. The maximum absolute atomic E-state index is 12.6. The van der Waals surface area contributed by atoms with E-state index in [-0.39, 0.29) is 41.4 Å². The van der Waals surface area contributed by atoms with E-state index in [0.717, 1.165) is 48.5 Å². The lowest BCUT2D eigenvalue weighted by molar-refractivity contribution is -0.129.